The second kappa shape index (κ2) is 6.94. The SMILES string of the molecule is CSCCN(C)C(CN)c1ccc2ccccc2c1. The minimum absolute atomic E-state index is 0.303. The molecular formula is C16H22N2S. The van der Waals surface area contributed by atoms with Crippen molar-refractivity contribution in [3.8, 4) is 0 Å². The molecule has 102 valence electrons. The smallest absolute Gasteiger partial charge is 0.0467 e. The molecule has 2 rings (SSSR count). The summed E-state index contributed by atoms with van der Waals surface area (Å²) in [6, 6.07) is 15.4. The van der Waals surface area contributed by atoms with E-state index in [9.17, 15) is 0 Å². The van der Waals surface area contributed by atoms with Crippen LogP contribution in [-0.2, 0) is 0 Å². The largest absolute Gasteiger partial charge is 0.329 e. The Labute approximate surface area is 120 Å². The van der Waals surface area contributed by atoms with Gasteiger partial charge in [-0.25, -0.2) is 0 Å². The quantitative estimate of drug-likeness (QED) is 0.877. The highest BCUT2D eigenvalue weighted by molar-refractivity contribution is 7.98. The summed E-state index contributed by atoms with van der Waals surface area (Å²) in [7, 11) is 2.16. The van der Waals surface area contributed by atoms with E-state index in [1.54, 1.807) is 0 Å². The first-order chi connectivity index (χ1) is 9.26. The maximum absolute atomic E-state index is 5.97. The molecule has 0 aliphatic rings. The normalized spacial score (nSPS) is 13.1. The monoisotopic (exact) mass is 274 g/mol. The van der Waals surface area contributed by atoms with E-state index in [2.05, 4.69) is 60.7 Å². The fourth-order valence-corrected chi connectivity index (χ4v) is 2.85. The second-order valence-corrected chi connectivity index (χ2v) is 5.82. The Bertz CT molecular complexity index is 527. The predicted octanol–water partition coefficient (Wildman–Crippen LogP) is 3.13. The summed E-state index contributed by atoms with van der Waals surface area (Å²) in [4.78, 5) is 2.35. The van der Waals surface area contributed by atoms with Crippen molar-refractivity contribution in [2.75, 3.05) is 32.1 Å². The van der Waals surface area contributed by atoms with Gasteiger partial charge in [0.25, 0.3) is 0 Å². The molecule has 2 nitrogen and oxygen atoms in total. The third kappa shape index (κ3) is 3.50. The summed E-state index contributed by atoms with van der Waals surface area (Å²) in [5.41, 5.74) is 7.28. The van der Waals surface area contributed by atoms with Crippen LogP contribution in [0.25, 0.3) is 10.8 Å². The Balaban J connectivity index is 2.24. The van der Waals surface area contributed by atoms with Gasteiger partial charge in [0.05, 0.1) is 0 Å². The first-order valence-corrected chi connectivity index (χ1v) is 8.03. The summed E-state index contributed by atoms with van der Waals surface area (Å²) < 4.78 is 0. The number of hydrogen-bond donors (Lipinski definition) is 1. The van der Waals surface area contributed by atoms with E-state index in [0.29, 0.717) is 12.6 Å². The highest BCUT2D eigenvalue weighted by atomic mass is 32.2. The molecule has 0 radical (unpaired) electrons. The summed E-state index contributed by atoms with van der Waals surface area (Å²) in [5, 5.41) is 2.57. The zero-order chi connectivity index (χ0) is 13.7. The molecule has 1 atom stereocenters. The van der Waals surface area contributed by atoms with E-state index in [1.165, 1.54) is 16.3 Å². The molecule has 0 bridgehead atoms. The van der Waals surface area contributed by atoms with E-state index in [1.807, 2.05) is 11.8 Å². The molecule has 0 amide bonds. The number of benzene rings is 2. The van der Waals surface area contributed by atoms with Gasteiger partial charge >= 0.3 is 0 Å². The Morgan fingerprint density at radius 2 is 1.89 bits per heavy atom. The van der Waals surface area contributed by atoms with Crippen LogP contribution in [0.4, 0.5) is 0 Å². The lowest BCUT2D eigenvalue weighted by molar-refractivity contribution is 0.266. The molecule has 19 heavy (non-hydrogen) atoms. The van der Waals surface area contributed by atoms with Gasteiger partial charge in [-0.3, -0.25) is 4.90 Å². The molecule has 0 aliphatic heterocycles. The molecule has 1 unspecified atom stereocenters. The topological polar surface area (TPSA) is 29.3 Å². The van der Waals surface area contributed by atoms with Crippen LogP contribution in [0.15, 0.2) is 42.5 Å². The number of rotatable bonds is 6. The standard InChI is InChI=1S/C16H22N2S/c1-18(9-10-19-2)16(12-17)15-8-7-13-5-3-4-6-14(13)11-15/h3-8,11,16H,9-10,12,17H2,1-2H3. The molecule has 0 fully saturated rings. The van der Waals surface area contributed by atoms with E-state index in [4.69, 9.17) is 5.73 Å². The third-order valence-electron chi connectivity index (χ3n) is 3.56. The lowest BCUT2D eigenvalue weighted by Crippen LogP contribution is -2.32. The maximum atomic E-state index is 5.97. The molecule has 0 aliphatic carbocycles. The van der Waals surface area contributed by atoms with Crippen molar-refractivity contribution in [2.45, 2.75) is 6.04 Å². The van der Waals surface area contributed by atoms with E-state index in [-0.39, 0.29) is 0 Å². The van der Waals surface area contributed by atoms with Crippen molar-refractivity contribution in [2.24, 2.45) is 5.73 Å². The number of nitrogens with two attached hydrogens (primary N) is 1. The number of nitrogens with zero attached hydrogens (tertiary/aromatic N) is 1. The third-order valence-corrected chi connectivity index (χ3v) is 4.15. The molecule has 0 saturated heterocycles. The first-order valence-electron chi connectivity index (χ1n) is 6.64. The molecule has 2 N–H and O–H groups in total. The average molecular weight is 274 g/mol. The van der Waals surface area contributed by atoms with Crippen LogP contribution < -0.4 is 5.73 Å². The predicted molar refractivity (Wildman–Crippen MR) is 86.8 cm³/mol. The van der Waals surface area contributed by atoms with Gasteiger partial charge in [0.1, 0.15) is 0 Å². The zero-order valence-electron chi connectivity index (χ0n) is 11.7. The summed E-state index contributed by atoms with van der Waals surface area (Å²) in [6.07, 6.45) is 2.14. The number of hydrogen-bond acceptors (Lipinski definition) is 3. The van der Waals surface area contributed by atoms with Gasteiger partial charge in [0.2, 0.25) is 0 Å². The van der Waals surface area contributed by atoms with Crippen LogP contribution in [0.5, 0.6) is 0 Å². The summed E-state index contributed by atoms with van der Waals surface area (Å²) >= 11 is 1.87. The molecule has 0 aromatic heterocycles. The van der Waals surface area contributed by atoms with Crippen LogP contribution in [0, 0.1) is 0 Å². The van der Waals surface area contributed by atoms with Gasteiger partial charge in [-0.05, 0) is 35.7 Å². The van der Waals surface area contributed by atoms with Crippen molar-refractivity contribution >= 4 is 22.5 Å². The molecular weight excluding hydrogens is 252 g/mol. The lowest BCUT2D eigenvalue weighted by Gasteiger charge is -2.27. The van der Waals surface area contributed by atoms with Crippen molar-refractivity contribution in [3.63, 3.8) is 0 Å². The lowest BCUT2D eigenvalue weighted by atomic mass is 10.0. The van der Waals surface area contributed by atoms with Gasteiger partial charge in [0, 0.05) is 24.9 Å². The fraction of sp³-hybridized carbons (Fsp3) is 0.375. The number of fused-ring (bicyclic) bond motifs is 1. The number of thioether (sulfide) groups is 1. The Morgan fingerprint density at radius 1 is 1.16 bits per heavy atom. The van der Waals surface area contributed by atoms with Crippen LogP contribution in [0.2, 0.25) is 0 Å². The zero-order valence-corrected chi connectivity index (χ0v) is 12.5. The van der Waals surface area contributed by atoms with Gasteiger partial charge < -0.3 is 5.73 Å². The van der Waals surface area contributed by atoms with Crippen LogP contribution >= 0.6 is 11.8 Å². The highest BCUT2D eigenvalue weighted by Gasteiger charge is 2.15. The molecule has 3 heteroatoms. The average Bonchev–Trinajstić information content (AvgIpc) is 2.45. The van der Waals surface area contributed by atoms with Crippen molar-refractivity contribution in [1.82, 2.24) is 4.90 Å². The highest BCUT2D eigenvalue weighted by Crippen LogP contribution is 2.23. The molecule has 0 heterocycles. The van der Waals surface area contributed by atoms with Gasteiger partial charge in [0.15, 0.2) is 0 Å². The number of likely N-dealkylation sites (N-methyl/N-ethyl adjacent to an activating group) is 1. The second-order valence-electron chi connectivity index (χ2n) is 4.83. The first kappa shape index (κ1) is 14.4. The molecule has 2 aromatic rings. The van der Waals surface area contributed by atoms with E-state index in [0.717, 1.165) is 12.3 Å². The van der Waals surface area contributed by atoms with E-state index >= 15 is 0 Å². The van der Waals surface area contributed by atoms with Gasteiger partial charge in [-0.1, -0.05) is 36.4 Å². The molecule has 0 spiro atoms. The fourth-order valence-electron chi connectivity index (χ4n) is 2.38. The summed E-state index contributed by atoms with van der Waals surface area (Å²) in [5.74, 6) is 1.14. The van der Waals surface area contributed by atoms with E-state index < -0.39 is 0 Å². The van der Waals surface area contributed by atoms with Gasteiger partial charge in [-0.2, -0.15) is 11.8 Å². The van der Waals surface area contributed by atoms with Crippen LogP contribution in [0.1, 0.15) is 11.6 Å². The molecule has 0 saturated carbocycles. The minimum atomic E-state index is 0.303. The van der Waals surface area contributed by atoms with Gasteiger partial charge in [-0.15, -0.1) is 0 Å². The van der Waals surface area contributed by atoms with Crippen molar-refractivity contribution in [3.05, 3.63) is 48.0 Å². The van der Waals surface area contributed by atoms with Crippen molar-refractivity contribution in [1.29, 1.82) is 0 Å². The van der Waals surface area contributed by atoms with Crippen molar-refractivity contribution < 1.29 is 0 Å². The Morgan fingerprint density at radius 3 is 2.58 bits per heavy atom. The maximum Gasteiger partial charge on any atom is 0.0467 e. The summed E-state index contributed by atoms with van der Waals surface area (Å²) in [6.45, 7) is 1.72. The Kier molecular flexibility index (Phi) is 5.25. The van der Waals surface area contributed by atoms with Crippen LogP contribution in [-0.4, -0.2) is 37.0 Å². The minimum Gasteiger partial charge on any atom is -0.329 e. The van der Waals surface area contributed by atoms with Crippen LogP contribution in [0.3, 0.4) is 0 Å². The Hall–Kier alpha value is -1.03. The molecule has 2 aromatic carbocycles.